The van der Waals surface area contributed by atoms with E-state index in [-0.39, 0.29) is 12.4 Å². The molecular formula is C19H23NO4. The molecule has 3 rings (SSSR count). The van der Waals surface area contributed by atoms with Gasteiger partial charge in [-0.15, -0.1) is 0 Å². The number of hydrogen-bond acceptors (Lipinski definition) is 5. The Morgan fingerprint density at radius 3 is 2.62 bits per heavy atom. The van der Waals surface area contributed by atoms with Gasteiger partial charge < -0.3 is 25.8 Å². The van der Waals surface area contributed by atoms with Crippen molar-refractivity contribution in [3.63, 3.8) is 0 Å². The lowest BCUT2D eigenvalue weighted by Gasteiger charge is -2.20. The summed E-state index contributed by atoms with van der Waals surface area (Å²) < 4.78 is 6.14. The molecule has 24 heavy (non-hydrogen) atoms. The van der Waals surface area contributed by atoms with Crippen LogP contribution in [-0.2, 0) is 19.4 Å². The van der Waals surface area contributed by atoms with Crippen molar-refractivity contribution in [3.8, 4) is 17.2 Å². The van der Waals surface area contributed by atoms with Gasteiger partial charge in [0.2, 0.25) is 0 Å². The average molecular weight is 329 g/mol. The highest BCUT2D eigenvalue weighted by atomic mass is 16.5. The van der Waals surface area contributed by atoms with Crippen molar-refractivity contribution in [2.75, 3.05) is 5.73 Å². The Balaban J connectivity index is 2.11. The number of nitrogen functional groups attached to an aromatic ring is 1. The molecular weight excluding hydrogens is 306 g/mol. The SMILES string of the molecule is Cc1cc(N)c2c(c1Oc1ccc(O)c(C(C)O)c1CO)CCC2. The van der Waals surface area contributed by atoms with E-state index in [1.165, 1.54) is 6.07 Å². The maximum atomic E-state index is 9.99. The summed E-state index contributed by atoms with van der Waals surface area (Å²) in [6, 6.07) is 5.00. The first-order valence-corrected chi connectivity index (χ1v) is 8.16. The van der Waals surface area contributed by atoms with Gasteiger partial charge in [0.15, 0.2) is 0 Å². The predicted molar refractivity (Wildman–Crippen MR) is 92.4 cm³/mol. The highest BCUT2D eigenvalue weighted by Crippen LogP contribution is 2.42. The lowest BCUT2D eigenvalue weighted by molar-refractivity contribution is 0.187. The highest BCUT2D eigenvalue weighted by molar-refractivity contribution is 5.63. The smallest absolute Gasteiger partial charge is 0.133 e. The largest absolute Gasteiger partial charge is 0.508 e. The Morgan fingerprint density at radius 2 is 1.96 bits per heavy atom. The molecule has 0 spiro atoms. The molecule has 0 fully saturated rings. The van der Waals surface area contributed by atoms with Gasteiger partial charge >= 0.3 is 0 Å². The summed E-state index contributed by atoms with van der Waals surface area (Å²) in [5.41, 5.74) is 10.8. The molecule has 1 aliphatic rings. The van der Waals surface area contributed by atoms with Crippen LogP contribution in [0.25, 0.3) is 0 Å². The number of phenolic OH excluding ortho intramolecular Hbond substituents is 1. The standard InChI is InChI=1S/C19H23NO4/c1-10-8-15(20)12-4-3-5-13(12)19(10)24-17-7-6-16(23)18(11(2)22)14(17)9-21/h6-8,11,21-23H,3-5,9,20H2,1-2H3. The Kier molecular flexibility index (Phi) is 4.39. The van der Waals surface area contributed by atoms with Crippen molar-refractivity contribution in [2.24, 2.45) is 0 Å². The van der Waals surface area contributed by atoms with Crippen LogP contribution in [0.4, 0.5) is 5.69 Å². The van der Waals surface area contributed by atoms with Gasteiger partial charge in [0.25, 0.3) is 0 Å². The summed E-state index contributed by atoms with van der Waals surface area (Å²) in [6.45, 7) is 3.16. The first kappa shape index (κ1) is 16.6. The van der Waals surface area contributed by atoms with Gasteiger partial charge in [0, 0.05) is 22.4 Å². The third kappa shape index (κ3) is 2.70. The summed E-state index contributed by atoms with van der Waals surface area (Å²) in [7, 11) is 0. The Hall–Kier alpha value is -2.24. The van der Waals surface area contributed by atoms with Gasteiger partial charge in [0.05, 0.1) is 12.7 Å². The number of ether oxygens (including phenoxy) is 1. The number of fused-ring (bicyclic) bond motifs is 1. The van der Waals surface area contributed by atoms with Gasteiger partial charge in [-0.25, -0.2) is 0 Å². The fourth-order valence-corrected chi connectivity index (χ4v) is 3.55. The number of phenols is 1. The zero-order valence-corrected chi connectivity index (χ0v) is 14.0. The predicted octanol–water partition coefficient (Wildman–Crippen LogP) is 3.11. The van der Waals surface area contributed by atoms with Crippen LogP contribution in [0, 0.1) is 6.92 Å². The Morgan fingerprint density at radius 1 is 1.25 bits per heavy atom. The minimum Gasteiger partial charge on any atom is -0.508 e. The molecule has 128 valence electrons. The van der Waals surface area contributed by atoms with E-state index in [9.17, 15) is 15.3 Å². The molecule has 0 radical (unpaired) electrons. The molecule has 0 aliphatic heterocycles. The van der Waals surface area contributed by atoms with Crippen LogP contribution in [0.5, 0.6) is 17.2 Å². The third-order valence-electron chi connectivity index (χ3n) is 4.65. The highest BCUT2D eigenvalue weighted by Gasteiger charge is 2.23. The van der Waals surface area contributed by atoms with E-state index >= 15 is 0 Å². The van der Waals surface area contributed by atoms with Gasteiger partial charge in [-0.2, -0.15) is 0 Å². The Bertz CT molecular complexity index is 784. The average Bonchev–Trinajstić information content (AvgIpc) is 3.01. The number of benzene rings is 2. The van der Waals surface area contributed by atoms with E-state index in [4.69, 9.17) is 10.5 Å². The van der Waals surface area contributed by atoms with Crippen molar-refractivity contribution in [3.05, 3.63) is 46.0 Å². The second kappa shape index (κ2) is 6.34. The normalized spacial score (nSPS) is 14.5. The lowest BCUT2D eigenvalue weighted by Crippen LogP contribution is -2.04. The quantitative estimate of drug-likeness (QED) is 0.646. The molecule has 0 bridgehead atoms. The number of aromatic hydroxyl groups is 1. The first-order chi connectivity index (χ1) is 11.4. The molecule has 1 atom stereocenters. The van der Waals surface area contributed by atoms with E-state index in [2.05, 4.69) is 0 Å². The van der Waals surface area contributed by atoms with Gasteiger partial charge in [-0.05, 0) is 62.4 Å². The lowest BCUT2D eigenvalue weighted by atomic mass is 10.0. The molecule has 1 aliphatic carbocycles. The van der Waals surface area contributed by atoms with Crippen LogP contribution in [0.2, 0.25) is 0 Å². The molecule has 5 nitrogen and oxygen atoms in total. The zero-order valence-electron chi connectivity index (χ0n) is 14.0. The number of aliphatic hydroxyl groups excluding tert-OH is 2. The summed E-state index contributed by atoms with van der Waals surface area (Å²) in [6.07, 6.45) is 1.99. The van der Waals surface area contributed by atoms with Crippen molar-refractivity contribution in [1.82, 2.24) is 0 Å². The van der Waals surface area contributed by atoms with E-state index < -0.39 is 6.10 Å². The number of hydrogen-bond donors (Lipinski definition) is 4. The van der Waals surface area contributed by atoms with Gasteiger partial charge in [-0.1, -0.05) is 0 Å². The maximum Gasteiger partial charge on any atom is 0.133 e. The molecule has 0 saturated heterocycles. The first-order valence-electron chi connectivity index (χ1n) is 8.16. The van der Waals surface area contributed by atoms with E-state index in [0.29, 0.717) is 16.9 Å². The molecule has 0 saturated carbocycles. The Labute approximate surface area is 141 Å². The number of aliphatic hydroxyl groups is 2. The summed E-state index contributed by atoms with van der Waals surface area (Å²) in [5.74, 6) is 1.14. The number of rotatable bonds is 4. The molecule has 2 aromatic rings. The number of aryl methyl sites for hydroxylation is 1. The van der Waals surface area contributed by atoms with Crippen LogP contribution in [0.15, 0.2) is 18.2 Å². The monoisotopic (exact) mass is 329 g/mol. The van der Waals surface area contributed by atoms with Crippen molar-refractivity contribution < 1.29 is 20.1 Å². The second-order valence-electron chi connectivity index (χ2n) is 6.33. The number of anilines is 1. The second-order valence-corrected chi connectivity index (χ2v) is 6.33. The maximum absolute atomic E-state index is 9.99. The fraction of sp³-hybridized carbons (Fsp3) is 0.368. The molecule has 2 aromatic carbocycles. The molecule has 0 amide bonds. The number of nitrogens with two attached hydrogens (primary N) is 1. The topological polar surface area (TPSA) is 95.9 Å². The van der Waals surface area contributed by atoms with Crippen LogP contribution in [0.1, 0.15) is 47.3 Å². The summed E-state index contributed by atoms with van der Waals surface area (Å²) >= 11 is 0. The van der Waals surface area contributed by atoms with Crippen molar-refractivity contribution >= 4 is 5.69 Å². The summed E-state index contributed by atoms with van der Waals surface area (Å²) in [4.78, 5) is 0. The van der Waals surface area contributed by atoms with Crippen LogP contribution in [-0.4, -0.2) is 15.3 Å². The van der Waals surface area contributed by atoms with E-state index in [1.807, 2.05) is 13.0 Å². The molecule has 5 heteroatoms. The third-order valence-corrected chi connectivity index (χ3v) is 4.65. The van der Waals surface area contributed by atoms with Gasteiger partial charge in [-0.3, -0.25) is 0 Å². The summed E-state index contributed by atoms with van der Waals surface area (Å²) in [5, 5.41) is 29.6. The molecule has 0 aromatic heterocycles. The van der Waals surface area contributed by atoms with Gasteiger partial charge in [0.1, 0.15) is 17.2 Å². The molecule has 5 N–H and O–H groups in total. The fourth-order valence-electron chi connectivity index (χ4n) is 3.55. The van der Waals surface area contributed by atoms with Crippen molar-refractivity contribution in [1.29, 1.82) is 0 Å². The van der Waals surface area contributed by atoms with E-state index in [1.54, 1.807) is 13.0 Å². The minimum atomic E-state index is -0.908. The van der Waals surface area contributed by atoms with Crippen LogP contribution < -0.4 is 10.5 Å². The molecule has 0 heterocycles. The van der Waals surface area contributed by atoms with Crippen LogP contribution in [0.3, 0.4) is 0 Å². The minimum absolute atomic E-state index is 0.0549. The van der Waals surface area contributed by atoms with E-state index in [0.717, 1.165) is 47.4 Å². The zero-order chi connectivity index (χ0) is 17.4. The van der Waals surface area contributed by atoms with Crippen LogP contribution >= 0.6 is 0 Å². The van der Waals surface area contributed by atoms with Crippen molar-refractivity contribution in [2.45, 2.75) is 45.8 Å². The molecule has 1 unspecified atom stereocenters.